The number of likely N-dealkylation sites (tertiary alicyclic amines) is 1. The zero-order valence-electron chi connectivity index (χ0n) is 14.1. The Morgan fingerprint density at radius 3 is 2.71 bits per heavy atom. The third kappa shape index (κ3) is 5.03. The minimum Gasteiger partial charge on any atom is -0.328 e. The van der Waals surface area contributed by atoms with Crippen LogP contribution in [0.1, 0.15) is 30.9 Å². The minimum absolute atomic E-state index is 0. The topological polar surface area (TPSA) is 47.1 Å². The Bertz CT molecular complexity index is 626. The Hall–Kier alpha value is -1.43. The molecule has 0 bridgehead atoms. The van der Waals surface area contributed by atoms with Crippen LogP contribution in [0.25, 0.3) is 0 Å². The summed E-state index contributed by atoms with van der Waals surface area (Å²) in [6.45, 7) is 5.90. The molecule has 4 nitrogen and oxygen atoms in total. The van der Waals surface area contributed by atoms with Crippen molar-refractivity contribution in [2.75, 3.05) is 13.1 Å². The van der Waals surface area contributed by atoms with Gasteiger partial charge < -0.3 is 5.73 Å². The standard InChI is InChI=1S/C18H25FN4.ClH/c1-14(20)17-3-2-8-22(13-17)10-16-9-21-23(12-16)11-15-4-6-18(19)7-5-15;/h4-7,9,12,14,17H,2-3,8,10-11,13,20H2,1H3;1H. The van der Waals surface area contributed by atoms with Crippen LogP contribution in [0.5, 0.6) is 0 Å². The zero-order chi connectivity index (χ0) is 16.2. The first-order valence-electron chi connectivity index (χ1n) is 8.34. The lowest BCUT2D eigenvalue weighted by molar-refractivity contribution is 0.154. The lowest BCUT2D eigenvalue weighted by Gasteiger charge is -2.34. The van der Waals surface area contributed by atoms with Gasteiger partial charge in [-0.05, 0) is 49.9 Å². The Balaban J connectivity index is 0.00000208. The van der Waals surface area contributed by atoms with Crippen molar-refractivity contribution in [1.29, 1.82) is 0 Å². The van der Waals surface area contributed by atoms with Gasteiger partial charge in [-0.25, -0.2) is 4.39 Å². The first kappa shape index (κ1) is 18.9. The predicted octanol–water partition coefficient (Wildman–Crippen LogP) is 3.05. The second-order valence-electron chi connectivity index (χ2n) is 6.67. The Morgan fingerprint density at radius 2 is 2.00 bits per heavy atom. The van der Waals surface area contributed by atoms with Gasteiger partial charge in [-0.2, -0.15) is 5.10 Å². The summed E-state index contributed by atoms with van der Waals surface area (Å²) < 4.78 is 14.9. The maximum atomic E-state index is 12.9. The van der Waals surface area contributed by atoms with Crippen LogP contribution in [-0.2, 0) is 13.1 Å². The first-order chi connectivity index (χ1) is 11.1. The third-order valence-electron chi connectivity index (χ3n) is 4.64. The number of halogens is 2. The molecule has 1 saturated heterocycles. The number of hydrogen-bond donors (Lipinski definition) is 1. The molecule has 2 atom stereocenters. The summed E-state index contributed by atoms with van der Waals surface area (Å²) in [6, 6.07) is 6.84. The average Bonchev–Trinajstić information content (AvgIpc) is 2.97. The van der Waals surface area contributed by atoms with Crippen LogP contribution in [-0.4, -0.2) is 33.8 Å². The van der Waals surface area contributed by atoms with Crippen molar-refractivity contribution >= 4 is 12.4 Å². The Labute approximate surface area is 149 Å². The van der Waals surface area contributed by atoms with Gasteiger partial charge in [0.25, 0.3) is 0 Å². The summed E-state index contributed by atoms with van der Waals surface area (Å²) in [4.78, 5) is 2.47. The maximum Gasteiger partial charge on any atom is 0.123 e. The number of rotatable bonds is 5. The second kappa shape index (κ2) is 8.60. The molecule has 3 rings (SSSR count). The third-order valence-corrected chi connectivity index (χ3v) is 4.64. The summed E-state index contributed by atoms with van der Waals surface area (Å²) in [7, 11) is 0. The van der Waals surface area contributed by atoms with Crippen molar-refractivity contribution in [3.05, 3.63) is 53.6 Å². The summed E-state index contributed by atoms with van der Waals surface area (Å²) in [5, 5.41) is 4.43. The highest BCUT2D eigenvalue weighted by molar-refractivity contribution is 5.85. The van der Waals surface area contributed by atoms with Gasteiger partial charge >= 0.3 is 0 Å². The Kier molecular flexibility index (Phi) is 6.78. The summed E-state index contributed by atoms with van der Waals surface area (Å²) in [6.07, 6.45) is 6.46. The molecule has 1 aromatic heterocycles. The lowest BCUT2D eigenvalue weighted by atomic mass is 9.92. The van der Waals surface area contributed by atoms with Crippen LogP contribution in [0.15, 0.2) is 36.7 Å². The fourth-order valence-corrected chi connectivity index (χ4v) is 3.27. The van der Waals surface area contributed by atoms with Crippen molar-refractivity contribution in [1.82, 2.24) is 14.7 Å². The molecule has 0 aliphatic carbocycles. The van der Waals surface area contributed by atoms with Gasteiger partial charge in [-0.15, -0.1) is 12.4 Å². The van der Waals surface area contributed by atoms with Crippen molar-refractivity contribution in [3.8, 4) is 0 Å². The van der Waals surface area contributed by atoms with E-state index in [9.17, 15) is 4.39 Å². The first-order valence-corrected chi connectivity index (χ1v) is 8.34. The predicted molar refractivity (Wildman–Crippen MR) is 96.6 cm³/mol. The van der Waals surface area contributed by atoms with E-state index in [1.165, 1.54) is 30.5 Å². The fourth-order valence-electron chi connectivity index (χ4n) is 3.27. The lowest BCUT2D eigenvalue weighted by Crippen LogP contribution is -2.41. The molecule has 2 aromatic rings. The minimum atomic E-state index is -0.205. The molecule has 0 radical (unpaired) electrons. The van der Waals surface area contributed by atoms with Crippen molar-refractivity contribution in [3.63, 3.8) is 0 Å². The summed E-state index contributed by atoms with van der Waals surface area (Å²) >= 11 is 0. The summed E-state index contributed by atoms with van der Waals surface area (Å²) in [5.74, 6) is 0.390. The number of aromatic nitrogens is 2. The SMILES string of the molecule is CC(N)C1CCCN(Cc2cnn(Cc3ccc(F)cc3)c2)C1.Cl. The normalized spacial score (nSPS) is 19.7. The highest BCUT2D eigenvalue weighted by Gasteiger charge is 2.22. The number of nitrogens with two attached hydrogens (primary N) is 1. The van der Waals surface area contributed by atoms with E-state index in [0.717, 1.165) is 25.2 Å². The zero-order valence-corrected chi connectivity index (χ0v) is 14.9. The fraction of sp³-hybridized carbons (Fsp3) is 0.500. The van der Waals surface area contributed by atoms with Crippen molar-refractivity contribution in [2.24, 2.45) is 11.7 Å². The number of nitrogens with zero attached hydrogens (tertiary/aromatic N) is 3. The number of piperidine rings is 1. The van der Waals surface area contributed by atoms with Gasteiger partial charge in [0.1, 0.15) is 5.82 Å². The quantitative estimate of drug-likeness (QED) is 0.899. The molecule has 2 heterocycles. The van der Waals surface area contributed by atoms with E-state index in [0.29, 0.717) is 12.5 Å². The van der Waals surface area contributed by atoms with E-state index in [1.54, 1.807) is 12.1 Å². The molecular formula is C18H26ClFN4. The van der Waals surface area contributed by atoms with Crippen LogP contribution in [0, 0.1) is 11.7 Å². The van der Waals surface area contributed by atoms with E-state index < -0.39 is 0 Å². The Morgan fingerprint density at radius 1 is 1.25 bits per heavy atom. The summed E-state index contributed by atoms with van der Waals surface area (Å²) in [5.41, 5.74) is 8.33. The van der Waals surface area contributed by atoms with Gasteiger partial charge in [0.15, 0.2) is 0 Å². The highest BCUT2D eigenvalue weighted by Crippen LogP contribution is 2.20. The molecular weight excluding hydrogens is 327 g/mol. The van der Waals surface area contributed by atoms with E-state index >= 15 is 0 Å². The molecule has 0 amide bonds. The van der Waals surface area contributed by atoms with Gasteiger partial charge in [-0.1, -0.05) is 12.1 Å². The van der Waals surface area contributed by atoms with Crippen molar-refractivity contribution in [2.45, 2.75) is 38.9 Å². The molecule has 2 N–H and O–H groups in total. The van der Waals surface area contributed by atoms with Crippen LogP contribution < -0.4 is 5.73 Å². The van der Waals surface area contributed by atoms with Crippen LogP contribution in [0.3, 0.4) is 0 Å². The molecule has 6 heteroatoms. The van der Waals surface area contributed by atoms with Gasteiger partial charge in [0, 0.05) is 30.9 Å². The van der Waals surface area contributed by atoms with Crippen LogP contribution >= 0.6 is 12.4 Å². The average molecular weight is 353 g/mol. The molecule has 0 spiro atoms. The van der Waals surface area contributed by atoms with Gasteiger partial charge in [0.05, 0.1) is 12.7 Å². The van der Waals surface area contributed by atoms with Gasteiger partial charge in [-0.3, -0.25) is 9.58 Å². The molecule has 2 unspecified atom stereocenters. The number of hydrogen-bond acceptors (Lipinski definition) is 3. The largest absolute Gasteiger partial charge is 0.328 e. The highest BCUT2D eigenvalue weighted by atomic mass is 35.5. The molecule has 1 aliphatic rings. The smallest absolute Gasteiger partial charge is 0.123 e. The molecule has 24 heavy (non-hydrogen) atoms. The monoisotopic (exact) mass is 352 g/mol. The maximum absolute atomic E-state index is 12.9. The molecule has 1 aliphatic heterocycles. The van der Waals surface area contributed by atoms with E-state index in [-0.39, 0.29) is 24.3 Å². The molecule has 1 fully saturated rings. The van der Waals surface area contributed by atoms with E-state index in [4.69, 9.17) is 5.73 Å². The number of benzene rings is 1. The molecule has 0 saturated carbocycles. The van der Waals surface area contributed by atoms with E-state index in [2.05, 4.69) is 23.1 Å². The molecule has 132 valence electrons. The van der Waals surface area contributed by atoms with Crippen LogP contribution in [0.2, 0.25) is 0 Å². The van der Waals surface area contributed by atoms with E-state index in [1.807, 2.05) is 10.9 Å². The molecule has 1 aromatic carbocycles. The van der Waals surface area contributed by atoms with Gasteiger partial charge in [0.2, 0.25) is 0 Å². The second-order valence-corrected chi connectivity index (χ2v) is 6.67. The van der Waals surface area contributed by atoms with Crippen molar-refractivity contribution < 1.29 is 4.39 Å². The van der Waals surface area contributed by atoms with Crippen LogP contribution in [0.4, 0.5) is 4.39 Å².